The van der Waals surface area contributed by atoms with Crippen LogP contribution in [0.5, 0.6) is 11.5 Å². The van der Waals surface area contributed by atoms with Gasteiger partial charge in [-0.05, 0) is 60.7 Å². The van der Waals surface area contributed by atoms with Gasteiger partial charge in [-0.1, -0.05) is 49.4 Å². The summed E-state index contributed by atoms with van der Waals surface area (Å²) in [6.45, 7) is 7.68. The number of hydrogen-bond acceptors (Lipinski definition) is 3. The molecule has 4 heteroatoms. The maximum Gasteiger partial charge on any atom is 0.251 e. The first kappa shape index (κ1) is 20.7. The molecule has 4 nitrogen and oxygen atoms in total. The van der Waals surface area contributed by atoms with Crippen molar-refractivity contribution in [2.24, 2.45) is 5.92 Å². The topological polar surface area (TPSA) is 47.6 Å². The molecule has 0 bridgehead atoms. The second-order valence-corrected chi connectivity index (χ2v) is 7.19. The van der Waals surface area contributed by atoms with Crippen LogP contribution in [0.2, 0.25) is 0 Å². The fourth-order valence-corrected chi connectivity index (χ4v) is 3.48. The van der Waals surface area contributed by atoms with Gasteiger partial charge in [-0.3, -0.25) is 4.79 Å². The molecule has 1 atom stereocenters. The standard InChI is InChI=1S/C25H29NO3/c1-4-28-23-14-13-21(16-24(23)29-5-2)25(27)26-17-18(3)15-20-11-8-10-19-9-6-7-12-22(19)20/h6-14,16,18H,4-5,15,17H2,1-3H3,(H,26,27). The van der Waals surface area contributed by atoms with Gasteiger partial charge in [0, 0.05) is 12.1 Å². The summed E-state index contributed by atoms with van der Waals surface area (Å²) >= 11 is 0. The second kappa shape index (κ2) is 9.97. The van der Waals surface area contributed by atoms with Crippen LogP contribution in [0, 0.1) is 5.92 Å². The molecule has 0 aliphatic heterocycles. The number of fused-ring (bicyclic) bond motifs is 1. The molecule has 0 saturated carbocycles. The molecule has 3 rings (SSSR count). The molecule has 1 N–H and O–H groups in total. The first-order chi connectivity index (χ1) is 14.1. The highest BCUT2D eigenvalue weighted by Gasteiger charge is 2.13. The van der Waals surface area contributed by atoms with Crippen LogP contribution < -0.4 is 14.8 Å². The van der Waals surface area contributed by atoms with E-state index in [9.17, 15) is 4.79 Å². The van der Waals surface area contributed by atoms with Crippen LogP contribution in [-0.2, 0) is 6.42 Å². The second-order valence-electron chi connectivity index (χ2n) is 7.19. The smallest absolute Gasteiger partial charge is 0.251 e. The average molecular weight is 392 g/mol. The Bertz CT molecular complexity index is 962. The first-order valence-corrected chi connectivity index (χ1v) is 10.3. The van der Waals surface area contributed by atoms with E-state index in [1.165, 1.54) is 16.3 Å². The lowest BCUT2D eigenvalue weighted by Gasteiger charge is -2.15. The van der Waals surface area contributed by atoms with Crippen LogP contribution in [0.25, 0.3) is 10.8 Å². The number of carbonyl (C=O) groups is 1. The van der Waals surface area contributed by atoms with E-state index in [1.807, 2.05) is 13.8 Å². The number of benzene rings is 3. The minimum absolute atomic E-state index is 0.0984. The minimum Gasteiger partial charge on any atom is -0.490 e. The predicted octanol–water partition coefficient (Wildman–Crippen LogP) is 5.25. The molecule has 3 aromatic rings. The van der Waals surface area contributed by atoms with Crippen LogP contribution in [-0.4, -0.2) is 25.7 Å². The zero-order chi connectivity index (χ0) is 20.6. The summed E-state index contributed by atoms with van der Waals surface area (Å²) in [6.07, 6.45) is 0.912. The van der Waals surface area contributed by atoms with Gasteiger partial charge in [-0.15, -0.1) is 0 Å². The Balaban J connectivity index is 1.63. The maximum absolute atomic E-state index is 12.6. The highest BCUT2D eigenvalue weighted by molar-refractivity contribution is 5.94. The van der Waals surface area contributed by atoms with Crippen molar-refractivity contribution in [2.75, 3.05) is 19.8 Å². The molecule has 29 heavy (non-hydrogen) atoms. The molecule has 1 amide bonds. The van der Waals surface area contributed by atoms with Gasteiger partial charge in [0.05, 0.1) is 13.2 Å². The third-order valence-electron chi connectivity index (χ3n) is 4.86. The summed E-state index contributed by atoms with van der Waals surface area (Å²) in [7, 11) is 0. The Hall–Kier alpha value is -3.01. The maximum atomic E-state index is 12.6. The van der Waals surface area contributed by atoms with E-state index in [1.54, 1.807) is 18.2 Å². The van der Waals surface area contributed by atoms with Crippen LogP contribution >= 0.6 is 0 Å². The lowest BCUT2D eigenvalue weighted by atomic mass is 9.96. The van der Waals surface area contributed by atoms with Gasteiger partial charge in [0.1, 0.15) is 0 Å². The summed E-state index contributed by atoms with van der Waals surface area (Å²) < 4.78 is 11.2. The van der Waals surface area contributed by atoms with Gasteiger partial charge in [-0.25, -0.2) is 0 Å². The number of nitrogens with one attached hydrogen (secondary N) is 1. The van der Waals surface area contributed by atoms with E-state index >= 15 is 0 Å². The number of carbonyl (C=O) groups excluding carboxylic acids is 1. The Morgan fingerprint density at radius 1 is 0.931 bits per heavy atom. The third kappa shape index (κ3) is 5.29. The molecule has 0 aromatic heterocycles. The Morgan fingerprint density at radius 3 is 2.45 bits per heavy atom. The highest BCUT2D eigenvalue weighted by Crippen LogP contribution is 2.28. The van der Waals surface area contributed by atoms with Gasteiger partial charge in [-0.2, -0.15) is 0 Å². The molecule has 0 fully saturated rings. The fraction of sp³-hybridized carbons (Fsp3) is 0.320. The molecule has 0 radical (unpaired) electrons. The number of ether oxygens (including phenoxy) is 2. The Kier molecular flexibility index (Phi) is 7.12. The van der Waals surface area contributed by atoms with Crippen molar-refractivity contribution in [3.63, 3.8) is 0 Å². The molecule has 0 aliphatic carbocycles. The monoisotopic (exact) mass is 391 g/mol. The van der Waals surface area contributed by atoms with Crippen molar-refractivity contribution in [3.05, 3.63) is 71.8 Å². The first-order valence-electron chi connectivity index (χ1n) is 10.3. The summed E-state index contributed by atoms with van der Waals surface area (Å²) in [6, 6.07) is 20.1. The van der Waals surface area contributed by atoms with E-state index < -0.39 is 0 Å². The zero-order valence-corrected chi connectivity index (χ0v) is 17.4. The molecule has 0 saturated heterocycles. The Labute approximate surface area is 172 Å². The fourth-order valence-electron chi connectivity index (χ4n) is 3.48. The molecular formula is C25H29NO3. The van der Waals surface area contributed by atoms with E-state index in [0.717, 1.165) is 6.42 Å². The van der Waals surface area contributed by atoms with Gasteiger partial charge in [0.2, 0.25) is 0 Å². The van der Waals surface area contributed by atoms with Crippen molar-refractivity contribution < 1.29 is 14.3 Å². The molecule has 0 spiro atoms. The van der Waals surface area contributed by atoms with Crippen molar-refractivity contribution in [3.8, 4) is 11.5 Å². The summed E-state index contributed by atoms with van der Waals surface area (Å²) in [5.41, 5.74) is 1.89. The average Bonchev–Trinajstić information content (AvgIpc) is 2.74. The largest absolute Gasteiger partial charge is 0.490 e. The normalized spacial score (nSPS) is 11.8. The highest BCUT2D eigenvalue weighted by atomic mass is 16.5. The van der Waals surface area contributed by atoms with Crippen LogP contribution in [0.3, 0.4) is 0 Å². The lowest BCUT2D eigenvalue weighted by Crippen LogP contribution is -2.29. The quantitative estimate of drug-likeness (QED) is 0.542. The zero-order valence-electron chi connectivity index (χ0n) is 17.4. The third-order valence-corrected chi connectivity index (χ3v) is 4.86. The van der Waals surface area contributed by atoms with Gasteiger partial charge in [0.25, 0.3) is 5.91 Å². The van der Waals surface area contributed by atoms with E-state index in [-0.39, 0.29) is 5.91 Å². The predicted molar refractivity (Wildman–Crippen MR) is 118 cm³/mol. The van der Waals surface area contributed by atoms with Crippen LogP contribution in [0.1, 0.15) is 36.7 Å². The molecule has 1 unspecified atom stereocenters. The minimum atomic E-state index is -0.0984. The van der Waals surface area contributed by atoms with E-state index in [4.69, 9.17) is 9.47 Å². The van der Waals surface area contributed by atoms with E-state index in [0.29, 0.717) is 42.7 Å². The van der Waals surface area contributed by atoms with Gasteiger partial charge < -0.3 is 14.8 Å². The van der Waals surface area contributed by atoms with E-state index in [2.05, 4.69) is 54.7 Å². The summed E-state index contributed by atoms with van der Waals surface area (Å²) in [5, 5.41) is 5.58. The van der Waals surface area contributed by atoms with Crippen LogP contribution in [0.4, 0.5) is 0 Å². The van der Waals surface area contributed by atoms with Crippen molar-refractivity contribution in [2.45, 2.75) is 27.2 Å². The van der Waals surface area contributed by atoms with Crippen molar-refractivity contribution in [1.82, 2.24) is 5.32 Å². The molecule has 0 aliphatic rings. The van der Waals surface area contributed by atoms with Crippen molar-refractivity contribution in [1.29, 1.82) is 0 Å². The molecular weight excluding hydrogens is 362 g/mol. The number of amides is 1. The SMILES string of the molecule is CCOc1ccc(C(=O)NCC(C)Cc2cccc3ccccc23)cc1OCC. The Morgan fingerprint density at radius 2 is 1.66 bits per heavy atom. The van der Waals surface area contributed by atoms with Gasteiger partial charge >= 0.3 is 0 Å². The number of rotatable bonds is 9. The lowest BCUT2D eigenvalue weighted by molar-refractivity contribution is 0.0947. The van der Waals surface area contributed by atoms with Crippen LogP contribution in [0.15, 0.2) is 60.7 Å². The van der Waals surface area contributed by atoms with Crippen molar-refractivity contribution >= 4 is 16.7 Å². The van der Waals surface area contributed by atoms with Gasteiger partial charge in [0.15, 0.2) is 11.5 Å². The summed E-state index contributed by atoms with van der Waals surface area (Å²) in [5.74, 6) is 1.48. The molecule has 0 heterocycles. The molecule has 3 aromatic carbocycles. The molecule has 152 valence electrons. The number of hydrogen-bond donors (Lipinski definition) is 1. The summed E-state index contributed by atoms with van der Waals surface area (Å²) in [4.78, 5) is 12.6.